The van der Waals surface area contributed by atoms with Gasteiger partial charge in [0.15, 0.2) is 0 Å². The molecule has 0 fully saturated rings. The molecular weight excluding hydrogens is 425 g/mol. The van der Waals surface area contributed by atoms with Gasteiger partial charge < -0.3 is 15.3 Å². The predicted octanol–water partition coefficient (Wildman–Crippen LogP) is 4.78. The predicted molar refractivity (Wildman–Crippen MR) is 111 cm³/mol. The maximum Gasteiger partial charge on any atom is 0.493 e. The van der Waals surface area contributed by atoms with E-state index in [0.717, 1.165) is 41.5 Å². The third kappa shape index (κ3) is 5.59. The fourth-order valence-corrected chi connectivity index (χ4v) is 3.75. The van der Waals surface area contributed by atoms with Crippen molar-refractivity contribution in [2.45, 2.75) is 37.8 Å². The average Bonchev–Trinajstić information content (AvgIpc) is 3.08. The zero-order chi connectivity index (χ0) is 23.1. The smallest absolute Gasteiger partial charge is 0.447 e. The van der Waals surface area contributed by atoms with Gasteiger partial charge in [-0.15, -0.1) is 5.06 Å². The van der Waals surface area contributed by atoms with Crippen molar-refractivity contribution >= 4 is 12.1 Å². The summed E-state index contributed by atoms with van der Waals surface area (Å²) in [6, 6.07) is 14.8. The lowest BCUT2D eigenvalue weighted by molar-refractivity contribution is -0.231. The Morgan fingerprint density at radius 3 is 2.03 bits per heavy atom. The van der Waals surface area contributed by atoms with Crippen molar-refractivity contribution in [2.24, 2.45) is 5.73 Å². The van der Waals surface area contributed by atoms with Crippen LogP contribution in [0.15, 0.2) is 48.5 Å². The number of amides is 1. The summed E-state index contributed by atoms with van der Waals surface area (Å²) in [5.74, 6) is -2.95. The van der Waals surface area contributed by atoms with E-state index in [0.29, 0.717) is 18.0 Å². The van der Waals surface area contributed by atoms with Crippen molar-refractivity contribution in [3.05, 3.63) is 59.7 Å². The Balaban J connectivity index is 1.76. The van der Waals surface area contributed by atoms with Crippen molar-refractivity contribution in [2.75, 3.05) is 19.7 Å². The molecule has 6 nitrogen and oxygen atoms in total. The molecule has 0 unspecified atom stereocenters. The number of fused-ring (bicyclic) bond motifs is 3. The van der Waals surface area contributed by atoms with Crippen molar-refractivity contribution in [3.8, 4) is 11.1 Å². The number of hydroxylamine groups is 2. The molecule has 0 aromatic heterocycles. The summed E-state index contributed by atoms with van der Waals surface area (Å²) in [6.45, 7) is 0.258. The first-order valence-corrected chi connectivity index (χ1v) is 10.4. The number of carbonyl (C=O) groups excluding carboxylic acids is 2. The maximum atomic E-state index is 12.8. The fourth-order valence-electron chi connectivity index (χ4n) is 3.75. The van der Waals surface area contributed by atoms with E-state index in [1.165, 1.54) is 0 Å². The minimum atomic E-state index is -5.24. The molecule has 172 valence electrons. The van der Waals surface area contributed by atoms with Crippen LogP contribution in [0.25, 0.3) is 11.1 Å². The van der Waals surface area contributed by atoms with Crippen LogP contribution >= 0.6 is 0 Å². The Kier molecular flexibility index (Phi) is 7.74. The third-order valence-corrected chi connectivity index (χ3v) is 5.26. The Hall–Kier alpha value is -3.07. The second kappa shape index (κ2) is 10.5. The topological polar surface area (TPSA) is 81.9 Å². The summed E-state index contributed by atoms with van der Waals surface area (Å²) in [7, 11) is 0. The number of rotatable bonds is 8. The van der Waals surface area contributed by atoms with Crippen molar-refractivity contribution < 1.29 is 32.3 Å². The number of carbonyl (C=O) groups is 2. The molecule has 2 aromatic rings. The Bertz CT molecular complexity index is 903. The molecular formula is C23H25F3N2O4. The van der Waals surface area contributed by atoms with Crippen LogP contribution in [0.4, 0.5) is 18.0 Å². The summed E-state index contributed by atoms with van der Waals surface area (Å²) >= 11 is 0. The normalized spacial score (nSPS) is 12.8. The van der Waals surface area contributed by atoms with Crippen LogP contribution in [0.2, 0.25) is 0 Å². The van der Waals surface area contributed by atoms with Crippen molar-refractivity contribution in [3.63, 3.8) is 0 Å². The summed E-state index contributed by atoms with van der Waals surface area (Å²) in [6.07, 6.45) is -3.40. The maximum absolute atomic E-state index is 12.8. The molecule has 9 heteroatoms. The van der Waals surface area contributed by atoms with E-state index in [1.54, 1.807) is 0 Å². The summed E-state index contributed by atoms with van der Waals surface area (Å²) in [4.78, 5) is 28.5. The highest BCUT2D eigenvalue weighted by Crippen LogP contribution is 2.44. The average molecular weight is 450 g/mol. The summed E-state index contributed by atoms with van der Waals surface area (Å²) < 4.78 is 43.6. The van der Waals surface area contributed by atoms with Crippen LogP contribution < -0.4 is 5.73 Å². The number of halogens is 3. The lowest BCUT2D eigenvalue weighted by atomic mass is 9.97. The minimum Gasteiger partial charge on any atom is -0.447 e. The van der Waals surface area contributed by atoms with E-state index in [9.17, 15) is 22.8 Å². The van der Waals surface area contributed by atoms with Gasteiger partial charge >= 0.3 is 18.2 Å². The van der Waals surface area contributed by atoms with E-state index >= 15 is 0 Å². The number of hydrogen-bond acceptors (Lipinski definition) is 5. The number of ether oxygens (including phenoxy) is 1. The van der Waals surface area contributed by atoms with Gasteiger partial charge in [-0.25, -0.2) is 9.59 Å². The first-order chi connectivity index (χ1) is 15.3. The van der Waals surface area contributed by atoms with Gasteiger partial charge in [-0.1, -0.05) is 61.4 Å². The quantitative estimate of drug-likeness (QED) is 0.463. The van der Waals surface area contributed by atoms with E-state index < -0.39 is 24.2 Å². The highest BCUT2D eigenvalue weighted by atomic mass is 19.4. The standard InChI is InChI=1S/C23H25F3N2O4/c24-23(25,26)21(29)32-28(22(30)31-14-8-2-1-7-13-27)15-20-18-11-5-3-9-16(18)17-10-4-6-12-19(17)20/h3-6,9-12,20H,1-2,7-8,13-15,27H2. The highest BCUT2D eigenvalue weighted by molar-refractivity contribution is 5.80. The molecule has 0 spiro atoms. The SMILES string of the molecule is NCCCCCCOC(=O)N(CC1c2ccccc2-c2ccccc21)OC(=O)C(F)(F)F. The fraction of sp³-hybridized carbons (Fsp3) is 0.391. The molecule has 32 heavy (non-hydrogen) atoms. The molecule has 3 rings (SSSR count). The van der Waals surface area contributed by atoms with Crippen molar-refractivity contribution in [1.29, 1.82) is 0 Å². The van der Waals surface area contributed by atoms with Gasteiger partial charge in [-0.3, -0.25) is 0 Å². The molecule has 1 amide bonds. The molecule has 2 aromatic carbocycles. The molecule has 0 saturated heterocycles. The van der Waals surface area contributed by atoms with Crippen LogP contribution in [0.5, 0.6) is 0 Å². The van der Waals surface area contributed by atoms with Gasteiger partial charge in [0.25, 0.3) is 0 Å². The van der Waals surface area contributed by atoms with Gasteiger partial charge in [-0.05, 0) is 41.6 Å². The van der Waals surface area contributed by atoms with Gasteiger partial charge in [0, 0.05) is 5.92 Å². The molecule has 2 N–H and O–H groups in total. The molecule has 0 saturated carbocycles. The molecule has 0 heterocycles. The number of nitrogens with two attached hydrogens (primary N) is 1. The molecule has 0 aliphatic heterocycles. The number of alkyl halides is 3. The van der Waals surface area contributed by atoms with E-state index in [1.807, 2.05) is 48.5 Å². The van der Waals surface area contributed by atoms with Crippen LogP contribution in [0.3, 0.4) is 0 Å². The van der Waals surface area contributed by atoms with E-state index in [2.05, 4.69) is 4.84 Å². The molecule has 1 aliphatic carbocycles. The lowest BCUT2D eigenvalue weighted by Gasteiger charge is -2.25. The molecule has 0 atom stereocenters. The number of hydrogen-bond donors (Lipinski definition) is 1. The zero-order valence-electron chi connectivity index (χ0n) is 17.4. The second-order valence-electron chi connectivity index (χ2n) is 7.48. The number of unbranched alkanes of at least 4 members (excludes halogenated alkanes) is 3. The van der Waals surface area contributed by atoms with Gasteiger partial charge in [0.05, 0.1) is 13.2 Å². The molecule has 0 radical (unpaired) electrons. The minimum absolute atomic E-state index is 0.00130. The lowest BCUT2D eigenvalue weighted by Crippen LogP contribution is -2.41. The van der Waals surface area contributed by atoms with Crippen molar-refractivity contribution in [1.82, 2.24) is 5.06 Å². The Labute approximate surface area is 184 Å². The van der Waals surface area contributed by atoms with E-state index in [4.69, 9.17) is 10.5 Å². The van der Waals surface area contributed by atoms with Crippen LogP contribution in [0.1, 0.15) is 42.7 Å². The molecule has 1 aliphatic rings. The van der Waals surface area contributed by atoms with E-state index in [-0.39, 0.29) is 13.2 Å². The first kappa shape index (κ1) is 23.6. The second-order valence-corrected chi connectivity index (χ2v) is 7.48. The van der Waals surface area contributed by atoms with Gasteiger partial charge in [0.1, 0.15) is 0 Å². The van der Waals surface area contributed by atoms with Crippen LogP contribution in [-0.4, -0.2) is 43.0 Å². The monoisotopic (exact) mass is 450 g/mol. The van der Waals surface area contributed by atoms with Gasteiger partial charge in [-0.2, -0.15) is 13.2 Å². The van der Waals surface area contributed by atoms with Crippen LogP contribution in [-0.2, 0) is 14.4 Å². The number of benzene rings is 2. The third-order valence-electron chi connectivity index (χ3n) is 5.26. The van der Waals surface area contributed by atoms with Crippen LogP contribution in [0, 0.1) is 0 Å². The zero-order valence-corrected chi connectivity index (χ0v) is 17.4. The Morgan fingerprint density at radius 2 is 1.47 bits per heavy atom. The van der Waals surface area contributed by atoms with Gasteiger partial charge in [0.2, 0.25) is 0 Å². The summed E-state index contributed by atoms with van der Waals surface area (Å²) in [5, 5.41) is 0.374. The largest absolute Gasteiger partial charge is 0.493 e. The Morgan fingerprint density at radius 1 is 0.906 bits per heavy atom. The summed E-state index contributed by atoms with van der Waals surface area (Å²) in [5.41, 5.74) is 8.93. The molecule has 0 bridgehead atoms. The number of nitrogens with zero attached hydrogens (tertiary/aromatic N) is 1. The highest BCUT2D eigenvalue weighted by Gasteiger charge is 2.44. The first-order valence-electron chi connectivity index (χ1n) is 10.4.